The highest BCUT2D eigenvalue weighted by Crippen LogP contribution is 2.65. The molecule has 4 aliphatic rings. The Morgan fingerprint density at radius 3 is 2.17 bits per heavy atom. The van der Waals surface area contributed by atoms with Crippen molar-refractivity contribution >= 4 is 23.2 Å². The van der Waals surface area contributed by atoms with Crippen molar-refractivity contribution in [1.82, 2.24) is 5.32 Å². The number of carbonyl (C=O) groups is 2. The summed E-state index contributed by atoms with van der Waals surface area (Å²) in [5.41, 5.74) is 1.94. The van der Waals surface area contributed by atoms with Crippen molar-refractivity contribution < 1.29 is 9.59 Å². The Morgan fingerprint density at radius 1 is 0.857 bits per heavy atom. The summed E-state index contributed by atoms with van der Waals surface area (Å²) in [7, 11) is 0. The maximum absolute atomic E-state index is 14.4. The fourth-order valence-corrected chi connectivity index (χ4v) is 8.45. The van der Waals surface area contributed by atoms with Crippen LogP contribution in [0.5, 0.6) is 0 Å². The Labute approximate surface area is 208 Å². The Bertz CT molecular complexity index is 1110. The maximum Gasteiger partial charge on any atom is 0.243 e. The van der Waals surface area contributed by atoms with Crippen molar-refractivity contribution in [2.45, 2.75) is 58.4 Å². The standard InChI is InChI=1S/C31H36N2O2/c1-30-19-17-25-23(13-16-27-31(25,2)20-18-28(34)32-27)24(30)14-15-26(30)29(35)33(21-9-5-3-6-10-21)22-11-7-4-8-12-22/h3-12,18,20,23-27H,13-17,19H2,1-2H3,(H,32,34)/t23?,24?,25?,26-,27?,30+,31-/m1/s1. The molecule has 0 saturated heterocycles. The quantitative estimate of drug-likeness (QED) is 0.578. The van der Waals surface area contributed by atoms with Gasteiger partial charge in [-0.25, -0.2) is 0 Å². The van der Waals surface area contributed by atoms with Crippen LogP contribution in [-0.2, 0) is 9.59 Å². The predicted octanol–water partition coefficient (Wildman–Crippen LogP) is 6.26. The highest BCUT2D eigenvalue weighted by atomic mass is 16.2. The number of anilines is 2. The van der Waals surface area contributed by atoms with Crippen LogP contribution in [0.1, 0.15) is 52.4 Å². The summed E-state index contributed by atoms with van der Waals surface area (Å²) >= 11 is 0. The molecule has 2 aromatic rings. The molecule has 4 heteroatoms. The van der Waals surface area contributed by atoms with E-state index in [4.69, 9.17) is 0 Å². The number of hydrogen-bond donors (Lipinski definition) is 1. The van der Waals surface area contributed by atoms with Crippen LogP contribution >= 0.6 is 0 Å². The van der Waals surface area contributed by atoms with E-state index in [-0.39, 0.29) is 34.6 Å². The molecule has 7 atom stereocenters. The molecule has 1 N–H and O–H groups in total. The fraction of sp³-hybridized carbons (Fsp3) is 0.484. The second-order valence-corrected chi connectivity index (χ2v) is 11.7. The first-order valence-electron chi connectivity index (χ1n) is 13.4. The fourth-order valence-electron chi connectivity index (χ4n) is 8.45. The van der Waals surface area contributed by atoms with Gasteiger partial charge in [-0.3, -0.25) is 14.5 Å². The van der Waals surface area contributed by atoms with Gasteiger partial charge in [0.2, 0.25) is 11.8 Å². The van der Waals surface area contributed by atoms with Crippen molar-refractivity contribution in [3.63, 3.8) is 0 Å². The second-order valence-electron chi connectivity index (χ2n) is 11.7. The molecule has 1 heterocycles. The van der Waals surface area contributed by atoms with Gasteiger partial charge in [-0.05, 0) is 92.0 Å². The third-order valence-corrected chi connectivity index (χ3v) is 10.2. The van der Waals surface area contributed by atoms with E-state index in [1.807, 2.05) is 65.6 Å². The summed E-state index contributed by atoms with van der Waals surface area (Å²) in [4.78, 5) is 28.4. The molecule has 2 aromatic carbocycles. The zero-order valence-electron chi connectivity index (χ0n) is 20.8. The van der Waals surface area contributed by atoms with Gasteiger partial charge in [-0.1, -0.05) is 56.3 Å². The summed E-state index contributed by atoms with van der Waals surface area (Å²) in [6.45, 7) is 4.77. The Morgan fingerprint density at radius 2 is 1.51 bits per heavy atom. The minimum Gasteiger partial charge on any atom is -0.349 e. The summed E-state index contributed by atoms with van der Waals surface area (Å²) in [6, 6.07) is 20.5. The number of amides is 2. The van der Waals surface area contributed by atoms with E-state index >= 15 is 0 Å². The summed E-state index contributed by atoms with van der Waals surface area (Å²) in [6.07, 6.45) is 10.5. The maximum atomic E-state index is 14.4. The number of rotatable bonds is 3. The normalized spacial score (nSPS) is 37.5. The van der Waals surface area contributed by atoms with Crippen LogP contribution < -0.4 is 10.2 Å². The molecule has 4 nitrogen and oxygen atoms in total. The molecule has 35 heavy (non-hydrogen) atoms. The van der Waals surface area contributed by atoms with Crippen LogP contribution in [-0.4, -0.2) is 17.9 Å². The van der Waals surface area contributed by atoms with Gasteiger partial charge in [0.1, 0.15) is 0 Å². The molecule has 0 radical (unpaired) electrons. The monoisotopic (exact) mass is 468 g/mol. The zero-order valence-corrected chi connectivity index (χ0v) is 20.8. The molecular weight excluding hydrogens is 432 g/mol. The van der Waals surface area contributed by atoms with Gasteiger partial charge in [-0.2, -0.15) is 0 Å². The van der Waals surface area contributed by atoms with Crippen LogP contribution in [0.15, 0.2) is 72.8 Å². The third-order valence-electron chi connectivity index (χ3n) is 10.2. The minimum absolute atomic E-state index is 0.0187. The Hall–Kier alpha value is -2.88. The van der Waals surface area contributed by atoms with Gasteiger partial charge in [0.15, 0.2) is 0 Å². The highest BCUT2D eigenvalue weighted by Gasteiger charge is 2.61. The van der Waals surface area contributed by atoms with Gasteiger partial charge >= 0.3 is 0 Å². The molecule has 3 saturated carbocycles. The van der Waals surface area contributed by atoms with Crippen LogP contribution in [0.4, 0.5) is 11.4 Å². The van der Waals surface area contributed by atoms with E-state index in [0.717, 1.165) is 49.9 Å². The lowest BCUT2D eigenvalue weighted by Gasteiger charge is -2.58. The van der Waals surface area contributed by atoms with Gasteiger partial charge in [0.25, 0.3) is 0 Å². The van der Waals surface area contributed by atoms with Crippen LogP contribution in [0.3, 0.4) is 0 Å². The highest BCUT2D eigenvalue weighted by molar-refractivity contribution is 6.02. The van der Waals surface area contributed by atoms with Crippen molar-refractivity contribution in [3.05, 3.63) is 72.8 Å². The number of nitrogens with one attached hydrogen (secondary N) is 1. The molecule has 1 aliphatic heterocycles. The average Bonchev–Trinajstić information content (AvgIpc) is 3.23. The smallest absolute Gasteiger partial charge is 0.243 e. The predicted molar refractivity (Wildman–Crippen MR) is 139 cm³/mol. The Kier molecular flexibility index (Phi) is 5.39. The van der Waals surface area contributed by atoms with E-state index in [1.165, 1.54) is 0 Å². The molecule has 0 spiro atoms. The number of carbonyl (C=O) groups excluding carboxylic acids is 2. The van der Waals surface area contributed by atoms with E-state index in [9.17, 15) is 9.59 Å². The van der Waals surface area contributed by atoms with E-state index in [2.05, 4.69) is 25.2 Å². The number of para-hydroxylation sites is 2. The molecule has 0 aromatic heterocycles. The molecule has 3 aliphatic carbocycles. The number of nitrogens with zero attached hydrogens (tertiary/aromatic N) is 1. The van der Waals surface area contributed by atoms with Crippen LogP contribution in [0, 0.1) is 34.5 Å². The summed E-state index contributed by atoms with van der Waals surface area (Å²) in [5.74, 6) is 2.09. The molecule has 6 rings (SSSR count). The number of benzene rings is 2. The lowest BCUT2D eigenvalue weighted by molar-refractivity contribution is -0.131. The minimum atomic E-state index is 0.0187. The van der Waals surface area contributed by atoms with Crippen molar-refractivity contribution in [2.24, 2.45) is 34.5 Å². The van der Waals surface area contributed by atoms with E-state index in [0.29, 0.717) is 17.8 Å². The van der Waals surface area contributed by atoms with Gasteiger partial charge in [0.05, 0.1) is 0 Å². The van der Waals surface area contributed by atoms with Crippen molar-refractivity contribution in [3.8, 4) is 0 Å². The SMILES string of the molecule is C[C@]12C=CC(=O)NC1CCC1C2CC[C@@]2(C)C1CC[C@@H]2C(=O)N(c1ccccc1)c1ccccc1. The van der Waals surface area contributed by atoms with Crippen LogP contribution in [0.25, 0.3) is 0 Å². The molecule has 182 valence electrons. The second kappa shape index (κ2) is 8.36. The first-order valence-corrected chi connectivity index (χ1v) is 13.4. The van der Waals surface area contributed by atoms with Crippen molar-refractivity contribution in [2.75, 3.05) is 4.90 Å². The lowest BCUT2D eigenvalue weighted by Crippen LogP contribution is -2.59. The molecule has 2 amide bonds. The van der Waals surface area contributed by atoms with Crippen molar-refractivity contribution in [1.29, 1.82) is 0 Å². The first kappa shape index (κ1) is 22.6. The average molecular weight is 469 g/mol. The third kappa shape index (κ3) is 3.48. The summed E-state index contributed by atoms with van der Waals surface area (Å²) in [5, 5.41) is 3.25. The van der Waals surface area contributed by atoms with Gasteiger partial charge < -0.3 is 5.32 Å². The first-order chi connectivity index (χ1) is 16.9. The number of hydrogen-bond acceptors (Lipinski definition) is 2. The van der Waals surface area contributed by atoms with E-state index < -0.39 is 0 Å². The molecule has 4 unspecified atom stereocenters. The van der Waals surface area contributed by atoms with Crippen LogP contribution in [0.2, 0.25) is 0 Å². The number of fused-ring (bicyclic) bond motifs is 5. The lowest BCUT2D eigenvalue weighted by atomic mass is 9.48. The Balaban J connectivity index is 1.31. The molecule has 0 bridgehead atoms. The molecule has 3 fully saturated rings. The largest absolute Gasteiger partial charge is 0.349 e. The van der Waals surface area contributed by atoms with Gasteiger partial charge in [-0.15, -0.1) is 0 Å². The van der Waals surface area contributed by atoms with E-state index in [1.54, 1.807) is 6.08 Å². The van der Waals surface area contributed by atoms with Gasteiger partial charge in [0, 0.05) is 28.7 Å². The topological polar surface area (TPSA) is 49.4 Å². The molecular formula is C31H36N2O2. The summed E-state index contributed by atoms with van der Waals surface area (Å²) < 4.78 is 0. The zero-order chi connectivity index (χ0) is 24.2.